The second-order valence-corrected chi connectivity index (χ2v) is 5.73. The van der Waals surface area contributed by atoms with E-state index in [9.17, 15) is 4.79 Å². The topological polar surface area (TPSA) is 50.2 Å². The molecule has 0 saturated carbocycles. The fourth-order valence-electron chi connectivity index (χ4n) is 2.63. The van der Waals surface area contributed by atoms with Gasteiger partial charge in [-0.2, -0.15) is 16.9 Å². The number of thioether (sulfide) groups is 1. The molecule has 3 rings (SSSR count). The number of rotatable bonds is 0. The van der Waals surface area contributed by atoms with Gasteiger partial charge in [0.15, 0.2) is 5.82 Å². The fraction of sp³-hybridized carbons (Fsp3) is 0.636. The molecule has 1 unspecified atom stereocenters. The second-order valence-electron chi connectivity index (χ2n) is 4.58. The number of hydrogen-bond acceptors (Lipinski definition) is 4. The van der Waals surface area contributed by atoms with Crippen molar-refractivity contribution >= 4 is 29.2 Å². The first-order valence-corrected chi connectivity index (χ1v) is 7.00. The van der Waals surface area contributed by atoms with Crippen LogP contribution >= 0.6 is 11.8 Å². The van der Waals surface area contributed by atoms with Crippen molar-refractivity contribution in [2.24, 2.45) is 7.05 Å². The number of nitrogens with one attached hydrogen (secondary N) is 1. The van der Waals surface area contributed by atoms with Gasteiger partial charge in [0.1, 0.15) is 5.69 Å². The fourth-order valence-corrected chi connectivity index (χ4v) is 3.69. The Morgan fingerprint density at radius 1 is 1.53 bits per heavy atom. The molecule has 0 radical (unpaired) electrons. The Labute approximate surface area is 105 Å². The van der Waals surface area contributed by atoms with Crippen molar-refractivity contribution < 1.29 is 4.79 Å². The van der Waals surface area contributed by atoms with Crippen molar-refractivity contribution in [3.63, 3.8) is 0 Å². The van der Waals surface area contributed by atoms with E-state index in [0.717, 1.165) is 35.2 Å². The quantitative estimate of drug-likeness (QED) is 0.748. The maximum Gasteiger partial charge on any atom is 0.226 e. The molecule has 1 N–H and O–H groups in total. The molecule has 6 heteroatoms. The zero-order chi connectivity index (χ0) is 12.0. The van der Waals surface area contributed by atoms with Crippen LogP contribution in [0.2, 0.25) is 0 Å². The molecule has 0 bridgehead atoms. The highest BCUT2D eigenvalue weighted by molar-refractivity contribution is 7.99. The summed E-state index contributed by atoms with van der Waals surface area (Å²) in [6, 6.07) is 0.310. The number of aryl methyl sites for hydroxylation is 2. The van der Waals surface area contributed by atoms with Crippen LogP contribution in [-0.2, 0) is 11.8 Å². The molecular formula is C11H16N4OS. The number of aromatic nitrogens is 2. The van der Waals surface area contributed by atoms with E-state index in [4.69, 9.17) is 0 Å². The Bertz CT molecular complexity index is 470. The number of nitrogens with zero attached hydrogens (tertiary/aromatic N) is 3. The van der Waals surface area contributed by atoms with E-state index in [1.807, 2.05) is 30.4 Å². The third-order valence-electron chi connectivity index (χ3n) is 3.38. The van der Waals surface area contributed by atoms with E-state index < -0.39 is 0 Å². The third kappa shape index (κ3) is 1.71. The van der Waals surface area contributed by atoms with E-state index in [1.165, 1.54) is 0 Å². The van der Waals surface area contributed by atoms with Crippen molar-refractivity contribution in [1.29, 1.82) is 0 Å². The van der Waals surface area contributed by atoms with Crippen molar-refractivity contribution in [2.75, 3.05) is 28.3 Å². The first kappa shape index (κ1) is 11.0. The molecule has 0 aliphatic carbocycles. The van der Waals surface area contributed by atoms with Gasteiger partial charge in [0.05, 0.1) is 5.69 Å². The van der Waals surface area contributed by atoms with Crippen molar-refractivity contribution in [2.45, 2.75) is 19.4 Å². The Morgan fingerprint density at radius 3 is 3.18 bits per heavy atom. The molecule has 1 atom stereocenters. The number of amides is 1. The van der Waals surface area contributed by atoms with Gasteiger partial charge in [-0.15, -0.1) is 0 Å². The van der Waals surface area contributed by atoms with E-state index in [-0.39, 0.29) is 5.91 Å². The first-order valence-electron chi connectivity index (χ1n) is 5.84. The molecular weight excluding hydrogens is 236 g/mol. The van der Waals surface area contributed by atoms with E-state index in [0.29, 0.717) is 12.5 Å². The van der Waals surface area contributed by atoms with Gasteiger partial charge in [0.25, 0.3) is 0 Å². The zero-order valence-electron chi connectivity index (χ0n) is 10.1. The SMILES string of the molecule is Cc1nn(C)c2c1NC(=O)CC1CSCCN21. The molecule has 1 aromatic rings. The van der Waals surface area contributed by atoms with Crippen LogP contribution in [0.4, 0.5) is 11.5 Å². The average Bonchev–Trinajstić information content (AvgIpc) is 2.48. The highest BCUT2D eigenvalue weighted by atomic mass is 32.2. The monoisotopic (exact) mass is 252 g/mol. The molecule has 1 amide bonds. The minimum absolute atomic E-state index is 0.109. The second kappa shape index (κ2) is 3.94. The Morgan fingerprint density at radius 2 is 2.35 bits per heavy atom. The number of fused-ring (bicyclic) bond motifs is 3. The van der Waals surface area contributed by atoms with Gasteiger partial charge in [-0.1, -0.05) is 0 Å². The maximum atomic E-state index is 11.9. The summed E-state index contributed by atoms with van der Waals surface area (Å²) in [4.78, 5) is 14.2. The maximum absolute atomic E-state index is 11.9. The summed E-state index contributed by atoms with van der Waals surface area (Å²) in [7, 11) is 1.95. The van der Waals surface area contributed by atoms with Crippen LogP contribution in [0.5, 0.6) is 0 Å². The van der Waals surface area contributed by atoms with Crippen LogP contribution in [0, 0.1) is 6.92 Å². The minimum Gasteiger partial charge on any atom is -0.350 e. The highest BCUT2D eigenvalue weighted by Gasteiger charge is 2.33. The van der Waals surface area contributed by atoms with Crippen LogP contribution < -0.4 is 10.2 Å². The summed E-state index contributed by atoms with van der Waals surface area (Å²) in [6.45, 7) is 2.94. The summed E-state index contributed by atoms with van der Waals surface area (Å²) >= 11 is 1.93. The zero-order valence-corrected chi connectivity index (χ0v) is 10.9. The smallest absolute Gasteiger partial charge is 0.226 e. The lowest BCUT2D eigenvalue weighted by Crippen LogP contribution is -2.43. The summed E-state index contributed by atoms with van der Waals surface area (Å²) < 4.78 is 1.89. The van der Waals surface area contributed by atoms with Gasteiger partial charge in [-0.3, -0.25) is 9.48 Å². The van der Waals surface area contributed by atoms with Crippen LogP contribution in [0.1, 0.15) is 12.1 Å². The minimum atomic E-state index is 0.109. The van der Waals surface area contributed by atoms with Gasteiger partial charge >= 0.3 is 0 Å². The van der Waals surface area contributed by atoms with Gasteiger partial charge < -0.3 is 10.2 Å². The molecule has 2 aliphatic heterocycles. The van der Waals surface area contributed by atoms with Crippen LogP contribution in [-0.4, -0.2) is 39.8 Å². The number of hydrogen-bond donors (Lipinski definition) is 1. The number of carbonyl (C=O) groups is 1. The molecule has 1 fully saturated rings. The highest BCUT2D eigenvalue weighted by Crippen LogP contribution is 2.36. The molecule has 5 nitrogen and oxygen atoms in total. The molecule has 0 spiro atoms. The van der Waals surface area contributed by atoms with Crippen LogP contribution in [0.3, 0.4) is 0 Å². The Balaban J connectivity index is 2.11. The van der Waals surface area contributed by atoms with Crippen molar-refractivity contribution in [3.8, 4) is 0 Å². The molecule has 1 aromatic heterocycles. The Kier molecular flexibility index (Phi) is 2.54. The first-order chi connectivity index (χ1) is 8.16. The van der Waals surface area contributed by atoms with Gasteiger partial charge in [0.2, 0.25) is 5.91 Å². The summed E-state index contributed by atoms with van der Waals surface area (Å²) in [5, 5.41) is 7.41. The lowest BCUT2D eigenvalue weighted by atomic mass is 10.2. The predicted octanol–water partition coefficient (Wildman–Crippen LogP) is 0.993. The van der Waals surface area contributed by atoms with E-state index in [2.05, 4.69) is 15.3 Å². The lowest BCUT2D eigenvalue weighted by Gasteiger charge is -2.35. The summed E-state index contributed by atoms with van der Waals surface area (Å²) in [5.41, 5.74) is 1.79. The van der Waals surface area contributed by atoms with Crippen molar-refractivity contribution in [1.82, 2.24) is 9.78 Å². The molecule has 1 saturated heterocycles. The molecule has 2 aliphatic rings. The van der Waals surface area contributed by atoms with E-state index in [1.54, 1.807) is 0 Å². The number of anilines is 2. The molecule has 17 heavy (non-hydrogen) atoms. The lowest BCUT2D eigenvalue weighted by molar-refractivity contribution is -0.116. The molecule has 3 heterocycles. The molecule has 92 valence electrons. The average molecular weight is 252 g/mol. The van der Waals surface area contributed by atoms with Gasteiger partial charge in [-0.25, -0.2) is 0 Å². The predicted molar refractivity (Wildman–Crippen MR) is 69.7 cm³/mol. The van der Waals surface area contributed by atoms with Gasteiger partial charge in [-0.05, 0) is 6.92 Å². The van der Waals surface area contributed by atoms with E-state index >= 15 is 0 Å². The normalized spacial score (nSPS) is 23.8. The molecule has 0 aromatic carbocycles. The number of carbonyl (C=O) groups excluding carboxylic acids is 1. The standard InChI is InChI=1S/C11H16N4OS/c1-7-10-11(14(2)13-7)15-3-4-17-6-8(15)5-9(16)12-10/h8H,3-6H2,1-2H3,(H,12,16). The van der Waals surface area contributed by atoms with Gasteiger partial charge in [0, 0.05) is 37.6 Å². The Hall–Kier alpha value is -1.17. The van der Waals surface area contributed by atoms with Crippen molar-refractivity contribution in [3.05, 3.63) is 5.69 Å². The van der Waals surface area contributed by atoms with Crippen LogP contribution in [0.25, 0.3) is 0 Å². The summed E-state index contributed by atoms with van der Waals surface area (Å²) in [5.74, 6) is 3.32. The van der Waals surface area contributed by atoms with Crippen LogP contribution in [0.15, 0.2) is 0 Å². The third-order valence-corrected chi connectivity index (χ3v) is 4.47. The largest absolute Gasteiger partial charge is 0.350 e. The summed E-state index contributed by atoms with van der Waals surface area (Å²) in [6.07, 6.45) is 0.584.